The Bertz CT molecular complexity index is 1550. The van der Waals surface area contributed by atoms with E-state index in [4.69, 9.17) is 18.9 Å². The molecule has 0 spiro atoms. The van der Waals surface area contributed by atoms with Gasteiger partial charge in [-0.2, -0.15) is 0 Å². The van der Waals surface area contributed by atoms with E-state index in [1.165, 1.54) is 18.1 Å². The van der Waals surface area contributed by atoms with Crippen LogP contribution in [0.2, 0.25) is 0 Å². The molecule has 2 saturated heterocycles. The zero-order chi connectivity index (χ0) is 41.2. The first-order valence-electron chi connectivity index (χ1n) is 20.7. The van der Waals surface area contributed by atoms with E-state index in [9.17, 15) is 51.1 Å². The monoisotopic (exact) mass is 796 g/mol. The lowest BCUT2D eigenvalue weighted by molar-refractivity contribution is -0.473. The van der Waals surface area contributed by atoms with E-state index < -0.39 is 90.7 Å². The third-order valence-corrected chi connectivity index (χ3v) is 16.9. The summed E-state index contributed by atoms with van der Waals surface area (Å²) in [6, 6.07) is 0. The number of hydrogen-bond donors (Lipinski definition) is 10. The number of aliphatic hydroxyl groups excluding tert-OH is 9. The van der Waals surface area contributed by atoms with Crippen molar-refractivity contribution in [3.63, 3.8) is 0 Å². The van der Waals surface area contributed by atoms with Crippen molar-refractivity contribution in [1.82, 2.24) is 0 Å². The predicted octanol–water partition coefficient (Wildman–Crippen LogP) is 1.00. The predicted molar refractivity (Wildman–Crippen MR) is 200 cm³/mol. The Morgan fingerprint density at radius 2 is 1.52 bits per heavy atom. The Kier molecular flexibility index (Phi) is 11.0. The van der Waals surface area contributed by atoms with Gasteiger partial charge in [-0.3, -0.25) is 0 Å². The molecule has 5 aliphatic carbocycles. The van der Waals surface area contributed by atoms with Crippen molar-refractivity contribution >= 4 is 0 Å². The first-order chi connectivity index (χ1) is 26.0. The van der Waals surface area contributed by atoms with Crippen LogP contribution in [0.4, 0.5) is 0 Å². The lowest BCUT2D eigenvalue weighted by atomic mass is 9.35. The summed E-state index contributed by atoms with van der Waals surface area (Å²) in [5, 5.41) is 110. The maximum atomic E-state index is 12.0. The number of allylic oxidation sites excluding steroid dienone is 3. The molecule has 14 nitrogen and oxygen atoms in total. The molecule has 0 bridgehead atoms. The van der Waals surface area contributed by atoms with Crippen LogP contribution in [0.5, 0.6) is 0 Å². The minimum absolute atomic E-state index is 0.0528. The van der Waals surface area contributed by atoms with E-state index in [-0.39, 0.29) is 46.7 Å². The Balaban J connectivity index is 1.17. The van der Waals surface area contributed by atoms with Gasteiger partial charge in [0, 0.05) is 16.2 Å². The highest BCUT2D eigenvalue weighted by Crippen LogP contribution is 2.74. The van der Waals surface area contributed by atoms with Gasteiger partial charge in [-0.25, -0.2) is 0 Å². The van der Waals surface area contributed by atoms with Crippen molar-refractivity contribution in [1.29, 1.82) is 0 Å². The van der Waals surface area contributed by atoms with Crippen LogP contribution in [0.15, 0.2) is 23.3 Å². The molecule has 0 aromatic heterocycles. The fourth-order valence-electron chi connectivity index (χ4n) is 13.1. The second-order valence-electron chi connectivity index (χ2n) is 20.4. The molecule has 0 aromatic rings. The molecule has 0 amide bonds. The van der Waals surface area contributed by atoms with E-state index in [0.29, 0.717) is 19.3 Å². The van der Waals surface area contributed by atoms with Crippen LogP contribution in [-0.2, 0) is 18.9 Å². The summed E-state index contributed by atoms with van der Waals surface area (Å²) in [7, 11) is 0. The van der Waals surface area contributed by atoms with Gasteiger partial charge in [0.05, 0.1) is 38.1 Å². The molecule has 7 aliphatic rings. The van der Waals surface area contributed by atoms with Crippen molar-refractivity contribution in [3.05, 3.63) is 23.3 Å². The molecule has 10 N–H and O–H groups in total. The van der Waals surface area contributed by atoms with Crippen molar-refractivity contribution in [2.24, 2.45) is 44.3 Å². The molecule has 320 valence electrons. The van der Waals surface area contributed by atoms with Crippen LogP contribution >= 0.6 is 0 Å². The second kappa shape index (κ2) is 14.3. The fourth-order valence-corrected chi connectivity index (χ4v) is 13.1. The molecule has 14 heteroatoms. The summed E-state index contributed by atoms with van der Waals surface area (Å²) in [6.07, 6.45) is -5.98. The van der Waals surface area contributed by atoms with Crippen molar-refractivity contribution in [2.75, 3.05) is 19.8 Å². The normalized spacial score (nSPS) is 55.5. The van der Waals surface area contributed by atoms with E-state index >= 15 is 0 Å². The number of ether oxygens (including phenoxy) is 4. The van der Waals surface area contributed by atoms with Gasteiger partial charge in [0.2, 0.25) is 0 Å². The molecular formula is C42H68O14. The van der Waals surface area contributed by atoms with Crippen molar-refractivity contribution in [2.45, 2.75) is 173 Å². The molecule has 3 saturated carbocycles. The topological polar surface area (TPSA) is 239 Å². The largest absolute Gasteiger partial charge is 0.396 e. The minimum Gasteiger partial charge on any atom is -0.396 e. The van der Waals surface area contributed by atoms with Gasteiger partial charge in [-0.1, -0.05) is 59.3 Å². The fraction of sp³-hybridized carbons (Fsp3) is 0.905. The van der Waals surface area contributed by atoms with Crippen molar-refractivity contribution in [3.8, 4) is 0 Å². The van der Waals surface area contributed by atoms with Crippen LogP contribution < -0.4 is 0 Å². The van der Waals surface area contributed by atoms with Crippen molar-refractivity contribution < 1.29 is 70.0 Å². The molecule has 5 fully saturated rings. The van der Waals surface area contributed by atoms with E-state index in [1.54, 1.807) is 0 Å². The molecule has 0 unspecified atom stereocenters. The third-order valence-electron chi connectivity index (χ3n) is 16.9. The quantitative estimate of drug-likeness (QED) is 0.128. The van der Waals surface area contributed by atoms with E-state index in [2.05, 4.69) is 46.8 Å². The van der Waals surface area contributed by atoms with E-state index in [0.717, 1.165) is 32.1 Å². The lowest BCUT2D eigenvalue weighted by Gasteiger charge is -2.70. The Hall–Kier alpha value is -1.08. The summed E-state index contributed by atoms with van der Waals surface area (Å²) >= 11 is 0. The zero-order valence-corrected chi connectivity index (χ0v) is 34.0. The average molecular weight is 797 g/mol. The highest BCUT2D eigenvalue weighted by Gasteiger charge is 2.69. The summed E-state index contributed by atoms with van der Waals surface area (Å²) in [6.45, 7) is 13.8. The van der Waals surface area contributed by atoms with Gasteiger partial charge >= 0.3 is 5.97 Å². The van der Waals surface area contributed by atoms with Gasteiger partial charge in [0.15, 0.2) is 12.4 Å². The highest BCUT2D eigenvalue weighted by molar-refractivity contribution is 5.47. The molecule has 56 heavy (non-hydrogen) atoms. The SMILES string of the molecule is C[C@H]1O[C@@](O)(O[C@H]2CC[C@@]3(C)[C@@H](CC[C@]4(C)[C@@H]3C=CC3=C5CC(C)(C)CC[C@]5(CO)[C@H](O)C[C@]34C)[C@]2(C)CO)[C@H](O)[C@@H](O[C@@H]2O[C@H](CO)[C@@H](O)[C@H](O)[C@H]2O)[C@H]1O. The van der Waals surface area contributed by atoms with Crippen LogP contribution in [0.25, 0.3) is 0 Å². The molecule has 0 aromatic carbocycles. The summed E-state index contributed by atoms with van der Waals surface area (Å²) < 4.78 is 23.4. The molecule has 2 aliphatic heterocycles. The molecular weight excluding hydrogens is 728 g/mol. The average Bonchev–Trinajstić information content (AvgIpc) is 3.14. The summed E-state index contributed by atoms with van der Waals surface area (Å²) in [5.41, 5.74) is -0.0224. The first kappa shape index (κ1) is 43.0. The van der Waals surface area contributed by atoms with Crippen LogP contribution in [0.1, 0.15) is 99.8 Å². The van der Waals surface area contributed by atoms with Gasteiger partial charge in [-0.05, 0) is 91.9 Å². The summed E-state index contributed by atoms with van der Waals surface area (Å²) in [5.74, 6) is -2.78. The molecule has 2 heterocycles. The van der Waals surface area contributed by atoms with Crippen LogP contribution in [0, 0.1) is 44.3 Å². The second-order valence-corrected chi connectivity index (χ2v) is 20.4. The molecule has 0 radical (unpaired) electrons. The Morgan fingerprint density at radius 3 is 2.16 bits per heavy atom. The van der Waals surface area contributed by atoms with Gasteiger partial charge in [0.1, 0.15) is 36.6 Å². The van der Waals surface area contributed by atoms with Gasteiger partial charge in [-0.15, -0.1) is 0 Å². The van der Waals surface area contributed by atoms with E-state index in [1.807, 2.05) is 6.92 Å². The number of fused-ring (bicyclic) bond motifs is 6. The zero-order valence-electron chi connectivity index (χ0n) is 34.0. The number of rotatable bonds is 7. The first-order valence-corrected chi connectivity index (χ1v) is 20.7. The minimum atomic E-state index is -2.74. The van der Waals surface area contributed by atoms with Gasteiger partial charge < -0.3 is 70.0 Å². The molecule has 7 rings (SSSR count). The number of hydrogen-bond acceptors (Lipinski definition) is 14. The summed E-state index contributed by atoms with van der Waals surface area (Å²) in [4.78, 5) is 0. The van der Waals surface area contributed by atoms with Crippen LogP contribution in [-0.4, -0.2) is 144 Å². The lowest BCUT2D eigenvalue weighted by Crippen LogP contribution is -2.70. The maximum absolute atomic E-state index is 12.0. The maximum Gasteiger partial charge on any atom is 0.311 e. The molecule has 19 atom stereocenters. The Labute approximate surface area is 330 Å². The Morgan fingerprint density at radius 1 is 0.821 bits per heavy atom. The third kappa shape index (κ3) is 6.02. The standard InChI is InChI=1S/C42H68O14/c1-21-29(47)33(54-35-32(50)31(49)30(48)24(18-43)53-35)34(51)42(52,55-21)56-28-11-12-37(4)25(38(28,5)19-44)10-13-39(6)26(37)9-8-22-23-16-36(2,3)14-15-41(23,20-45)27(46)17-40(22,39)7/h8-9,21,24-35,43-52H,10-20H2,1-7H3/t21-,24-,25-,26-,27-,28+,29+,30-,31+,32-,33+,34-,35+,37+,38+,39-,40-,41-,42-/m1/s1. The van der Waals surface area contributed by atoms with Crippen LogP contribution in [0.3, 0.4) is 0 Å². The number of aliphatic hydroxyl groups is 10. The smallest absolute Gasteiger partial charge is 0.311 e. The van der Waals surface area contributed by atoms with Gasteiger partial charge in [0.25, 0.3) is 0 Å². The highest BCUT2D eigenvalue weighted by atomic mass is 16.8.